The normalized spacial score (nSPS) is 11.6. The highest BCUT2D eigenvalue weighted by Gasteiger charge is 2.20. The number of aryl methyl sites for hydroxylation is 3. The molecule has 4 aromatic rings. The van der Waals surface area contributed by atoms with Gasteiger partial charge in [0.25, 0.3) is 5.69 Å². The first-order valence-electron chi connectivity index (χ1n) is 11.0. The highest BCUT2D eigenvalue weighted by molar-refractivity contribution is 5.96. The molecule has 0 aliphatic carbocycles. The van der Waals surface area contributed by atoms with E-state index in [1.165, 1.54) is 17.7 Å². The van der Waals surface area contributed by atoms with Crippen molar-refractivity contribution in [2.45, 2.75) is 33.6 Å². The average Bonchev–Trinajstić information content (AvgIpc) is 3.19. The van der Waals surface area contributed by atoms with Gasteiger partial charge in [-0.15, -0.1) is 0 Å². The molecule has 35 heavy (non-hydrogen) atoms. The molecule has 0 aliphatic heterocycles. The van der Waals surface area contributed by atoms with E-state index in [4.69, 9.17) is 4.42 Å². The van der Waals surface area contributed by atoms with Crippen LogP contribution in [0.25, 0.3) is 22.1 Å². The molecular formula is C26H24N4O5. The van der Waals surface area contributed by atoms with Crippen molar-refractivity contribution >= 4 is 33.7 Å². The fraction of sp³-hybridized carbons (Fsp3) is 0.192. The summed E-state index contributed by atoms with van der Waals surface area (Å²) in [4.78, 5) is 20.9. The van der Waals surface area contributed by atoms with E-state index >= 15 is 0 Å². The Morgan fingerprint density at radius 1 is 0.943 bits per heavy atom. The zero-order chi connectivity index (χ0) is 25.1. The number of fused-ring (bicyclic) bond motifs is 1. The third-order valence-corrected chi connectivity index (χ3v) is 5.73. The van der Waals surface area contributed by atoms with E-state index in [9.17, 15) is 20.2 Å². The minimum Gasteiger partial charge on any atom is -0.460 e. The number of nitro groups is 2. The maximum Gasteiger partial charge on any atom is 0.301 e. The first-order valence-corrected chi connectivity index (χ1v) is 11.0. The maximum atomic E-state index is 11.3. The van der Waals surface area contributed by atoms with Crippen molar-refractivity contribution in [1.82, 2.24) is 0 Å². The molecule has 1 N–H and O–H groups in total. The van der Waals surface area contributed by atoms with Crippen LogP contribution >= 0.6 is 0 Å². The average molecular weight is 473 g/mol. The molecule has 9 heteroatoms. The summed E-state index contributed by atoms with van der Waals surface area (Å²) in [5.74, 6) is 0.838. The Balaban J connectivity index is 1.58. The summed E-state index contributed by atoms with van der Waals surface area (Å²) in [5, 5.41) is 27.6. The second-order valence-electron chi connectivity index (χ2n) is 8.44. The largest absolute Gasteiger partial charge is 0.460 e. The van der Waals surface area contributed by atoms with Crippen LogP contribution in [0.3, 0.4) is 0 Å². The van der Waals surface area contributed by atoms with Gasteiger partial charge < -0.3 is 4.42 Å². The number of hydrogen-bond donors (Lipinski definition) is 1. The molecule has 0 saturated carbocycles. The van der Waals surface area contributed by atoms with Crippen LogP contribution in [-0.4, -0.2) is 15.6 Å². The Kier molecular flexibility index (Phi) is 6.59. The van der Waals surface area contributed by atoms with Crippen LogP contribution in [0.2, 0.25) is 0 Å². The molecule has 0 unspecified atom stereocenters. The summed E-state index contributed by atoms with van der Waals surface area (Å²) < 4.78 is 6.21. The second-order valence-corrected chi connectivity index (χ2v) is 8.44. The number of non-ortho nitro benzene ring substituents is 1. The van der Waals surface area contributed by atoms with Crippen molar-refractivity contribution < 1.29 is 14.3 Å². The highest BCUT2D eigenvalue weighted by Crippen LogP contribution is 2.36. The number of hydrogen-bond acceptors (Lipinski definition) is 7. The number of furan rings is 1. The number of nitrogens with zero attached hydrogens (tertiary/aromatic N) is 3. The number of hydrazone groups is 1. The van der Waals surface area contributed by atoms with Crippen molar-refractivity contribution in [3.05, 3.63) is 97.8 Å². The molecule has 0 aliphatic rings. The molecule has 1 aromatic heterocycles. The van der Waals surface area contributed by atoms with Crippen LogP contribution in [0, 0.1) is 34.1 Å². The summed E-state index contributed by atoms with van der Waals surface area (Å²) >= 11 is 0. The van der Waals surface area contributed by atoms with Gasteiger partial charge in [0.1, 0.15) is 17.0 Å². The van der Waals surface area contributed by atoms with E-state index in [2.05, 4.69) is 40.9 Å². The van der Waals surface area contributed by atoms with Crippen LogP contribution in [0.1, 0.15) is 30.2 Å². The molecule has 4 rings (SSSR count). The van der Waals surface area contributed by atoms with Gasteiger partial charge in [-0.3, -0.25) is 25.7 Å². The van der Waals surface area contributed by atoms with E-state index < -0.39 is 15.5 Å². The summed E-state index contributed by atoms with van der Waals surface area (Å²) in [6, 6.07) is 17.8. The van der Waals surface area contributed by atoms with Crippen LogP contribution in [0.15, 0.2) is 70.2 Å². The van der Waals surface area contributed by atoms with Crippen molar-refractivity contribution in [3.8, 4) is 11.1 Å². The van der Waals surface area contributed by atoms with Gasteiger partial charge in [-0.25, -0.2) is 0 Å². The minimum absolute atomic E-state index is 0.0829. The zero-order valence-corrected chi connectivity index (χ0v) is 19.6. The summed E-state index contributed by atoms with van der Waals surface area (Å²) in [6.45, 7) is 5.90. The predicted molar refractivity (Wildman–Crippen MR) is 136 cm³/mol. The lowest BCUT2D eigenvalue weighted by Crippen LogP contribution is -2.02. The molecule has 3 aromatic carbocycles. The molecule has 0 atom stereocenters. The standard InChI is InChI=1S/C26H24N4O5/c1-16-4-8-19(9-5-16)26-21-14-17(2)6-12-24(21)35-25(26)13-7-18(3)27-28-22-11-10-20(29(31)32)15-23(22)30(33)34/h4-6,8-12,14-15,28H,7,13H2,1-3H3/b27-18-. The van der Waals surface area contributed by atoms with E-state index in [-0.39, 0.29) is 11.4 Å². The fourth-order valence-corrected chi connectivity index (χ4v) is 3.86. The Morgan fingerprint density at radius 2 is 1.66 bits per heavy atom. The maximum absolute atomic E-state index is 11.3. The molecule has 0 amide bonds. The molecule has 0 radical (unpaired) electrons. The van der Waals surface area contributed by atoms with Crippen LogP contribution in [0.4, 0.5) is 17.1 Å². The lowest BCUT2D eigenvalue weighted by Gasteiger charge is -2.06. The number of nitrogens with one attached hydrogen (secondary N) is 1. The molecule has 1 heterocycles. The smallest absolute Gasteiger partial charge is 0.301 e. The third-order valence-electron chi connectivity index (χ3n) is 5.73. The van der Waals surface area contributed by atoms with Crippen LogP contribution in [-0.2, 0) is 6.42 Å². The second kappa shape index (κ2) is 9.76. The van der Waals surface area contributed by atoms with Crippen LogP contribution < -0.4 is 5.43 Å². The lowest BCUT2D eigenvalue weighted by atomic mass is 9.98. The monoisotopic (exact) mass is 472 g/mol. The molecule has 0 fully saturated rings. The van der Waals surface area contributed by atoms with Crippen LogP contribution in [0.5, 0.6) is 0 Å². The molecule has 0 saturated heterocycles. The van der Waals surface area contributed by atoms with E-state index in [1.54, 1.807) is 0 Å². The first-order chi connectivity index (χ1) is 16.7. The van der Waals surface area contributed by atoms with Gasteiger partial charge in [0.2, 0.25) is 0 Å². The van der Waals surface area contributed by atoms with Gasteiger partial charge in [0.15, 0.2) is 0 Å². The van der Waals surface area contributed by atoms with Gasteiger partial charge >= 0.3 is 5.69 Å². The van der Waals surface area contributed by atoms with Gasteiger partial charge in [-0.2, -0.15) is 5.10 Å². The number of rotatable bonds is 8. The first kappa shape index (κ1) is 23.6. The Labute approximate surface area is 201 Å². The van der Waals surface area contributed by atoms with E-state index in [0.29, 0.717) is 18.6 Å². The quantitative estimate of drug-likeness (QED) is 0.168. The Bertz CT molecular complexity index is 1450. The number of benzene rings is 3. The summed E-state index contributed by atoms with van der Waals surface area (Å²) in [6.07, 6.45) is 1.13. The van der Waals surface area contributed by atoms with Crippen molar-refractivity contribution in [1.29, 1.82) is 0 Å². The topological polar surface area (TPSA) is 124 Å². The van der Waals surface area contributed by atoms with E-state index in [1.807, 2.05) is 32.9 Å². The molecule has 178 valence electrons. The predicted octanol–water partition coefficient (Wildman–Crippen LogP) is 6.95. The molecule has 0 spiro atoms. The summed E-state index contributed by atoms with van der Waals surface area (Å²) in [5.41, 5.74) is 7.95. The number of nitro benzene ring substituents is 2. The van der Waals surface area contributed by atoms with Gasteiger partial charge in [0.05, 0.1) is 15.9 Å². The zero-order valence-electron chi connectivity index (χ0n) is 19.6. The fourth-order valence-electron chi connectivity index (χ4n) is 3.86. The van der Waals surface area contributed by atoms with E-state index in [0.717, 1.165) is 39.5 Å². The Morgan fingerprint density at radius 3 is 2.34 bits per heavy atom. The SMILES string of the molecule is C/C(CCc1oc2ccc(C)cc2c1-c1ccc(C)cc1)=N/Nc1ccc([N+](=O)[O-])cc1[N+](=O)[O-]. The third kappa shape index (κ3) is 5.19. The van der Waals surface area contributed by atoms with Crippen molar-refractivity contribution in [3.63, 3.8) is 0 Å². The van der Waals surface area contributed by atoms with Gasteiger partial charge in [-0.1, -0.05) is 41.5 Å². The van der Waals surface area contributed by atoms with Gasteiger partial charge in [0, 0.05) is 29.1 Å². The number of anilines is 1. The minimum atomic E-state index is -0.676. The van der Waals surface area contributed by atoms with Gasteiger partial charge in [-0.05, 0) is 51.0 Å². The summed E-state index contributed by atoms with van der Waals surface area (Å²) in [7, 11) is 0. The van der Waals surface area contributed by atoms with Crippen molar-refractivity contribution in [2.24, 2.45) is 5.10 Å². The molecule has 9 nitrogen and oxygen atoms in total. The lowest BCUT2D eigenvalue weighted by molar-refractivity contribution is -0.393. The molecule has 0 bridgehead atoms. The van der Waals surface area contributed by atoms with Crippen molar-refractivity contribution in [2.75, 3.05) is 5.43 Å². The molecular weight excluding hydrogens is 448 g/mol. The Hall–Kier alpha value is -4.53. The highest BCUT2D eigenvalue weighted by atomic mass is 16.6.